The molecule has 1 fully saturated rings. The standard InChI is InChI=1S/C18H30N2OS/c1-3-15(4-2)18(21)19-13-17(16-9-12-22-14-16)20-10-7-5-6-8-11-20/h9,12,14-15,17H,3-8,10-11,13H2,1-2H3,(H,19,21). The van der Waals surface area contributed by atoms with Crippen molar-refractivity contribution in [3.05, 3.63) is 22.4 Å². The van der Waals surface area contributed by atoms with Crippen molar-refractivity contribution in [2.24, 2.45) is 5.92 Å². The SMILES string of the molecule is CCC(CC)C(=O)NCC(c1ccsc1)N1CCCCCC1. The first kappa shape index (κ1) is 17.5. The van der Waals surface area contributed by atoms with Gasteiger partial charge >= 0.3 is 0 Å². The molecule has 3 nitrogen and oxygen atoms in total. The van der Waals surface area contributed by atoms with E-state index < -0.39 is 0 Å². The Balaban J connectivity index is 2.00. The number of carbonyl (C=O) groups is 1. The highest BCUT2D eigenvalue weighted by molar-refractivity contribution is 7.07. The minimum absolute atomic E-state index is 0.159. The van der Waals surface area contributed by atoms with Crippen molar-refractivity contribution < 1.29 is 4.79 Å². The Morgan fingerprint density at radius 2 is 1.91 bits per heavy atom. The van der Waals surface area contributed by atoms with Crippen LogP contribution in [0.25, 0.3) is 0 Å². The average molecular weight is 323 g/mol. The van der Waals surface area contributed by atoms with Crippen LogP contribution < -0.4 is 5.32 Å². The second-order valence-corrected chi connectivity index (χ2v) is 7.06. The Kier molecular flexibility index (Phi) is 7.40. The summed E-state index contributed by atoms with van der Waals surface area (Å²) >= 11 is 1.75. The van der Waals surface area contributed by atoms with Gasteiger partial charge in [-0.2, -0.15) is 11.3 Å². The molecule has 1 aliphatic heterocycles. The molecule has 0 spiro atoms. The van der Waals surface area contributed by atoms with Crippen molar-refractivity contribution in [2.45, 2.75) is 58.4 Å². The molecule has 1 N–H and O–H groups in total. The van der Waals surface area contributed by atoms with Crippen LogP contribution in [-0.2, 0) is 4.79 Å². The fraction of sp³-hybridized carbons (Fsp3) is 0.722. The third-order valence-corrected chi connectivity index (χ3v) is 5.54. The highest BCUT2D eigenvalue weighted by atomic mass is 32.1. The summed E-state index contributed by atoms with van der Waals surface area (Å²) in [5.74, 6) is 0.382. The van der Waals surface area contributed by atoms with Gasteiger partial charge in [-0.3, -0.25) is 9.69 Å². The number of hydrogen-bond donors (Lipinski definition) is 1. The van der Waals surface area contributed by atoms with Crippen LogP contribution >= 0.6 is 11.3 Å². The highest BCUT2D eigenvalue weighted by Crippen LogP contribution is 2.25. The van der Waals surface area contributed by atoms with Crippen LogP contribution in [0.1, 0.15) is 64.0 Å². The molecule has 2 heterocycles. The van der Waals surface area contributed by atoms with Crippen LogP contribution in [0, 0.1) is 5.92 Å². The highest BCUT2D eigenvalue weighted by Gasteiger charge is 2.23. The first-order chi connectivity index (χ1) is 10.8. The Morgan fingerprint density at radius 1 is 1.23 bits per heavy atom. The molecule has 1 unspecified atom stereocenters. The minimum Gasteiger partial charge on any atom is -0.354 e. The fourth-order valence-electron chi connectivity index (χ4n) is 3.33. The van der Waals surface area contributed by atoms with Gasteiger partial charge in [0.25, 0.3) is 0 Å². The normalized spacial score (nSPS) is 18.1. The van der Waals surface area contributed by atoms with Gasteiger partial charge in [0.1, 0.15) is 0 Å². The quantitative estimate of drug-likeness (QED) is 0.815. The van der Waals surface area contributed by atoms with E-state index >= 15 is 0 Å². The maximum Gasteiger partial charge on any atom is 0.223 e. The van der Waals surface area contributed by atoms with Gasteiger partial charge in [0.05, 0.1) is 6.04 Å². The van der Waals surface area contributed by atoms with Gasteiger partial charge in [0.15, 0.2) is 0 Å². The molecule has 0 aromatic carbocycles. The molecule has 0 aliphatic carbocycles. The fourth-order valence-corrected chi connectivity index (χ4v) is 4.04. The van der Waals surface area contributed by atoms with E-state index in [0.717, 1.165) is 32.5 Å². The summed E-state index contributed by atoms with van der Waals surface area (Å²) in [6.07, 6.45) is 7.09. The molecule has 1 amide bonds. The summed E-state index contributed by atoms with van der Waals surface area (Å²) in [5.41, 5.74) is 1.36. The van der Waals surface area contributed by atoms with Gasteiger partial charge in [-0.15, -0.1) is 0 Å². The average Bonchev–Trinajstić information content (AvgIpc) is 2.92. The number of carbonyl (C=O) groups excluding carboxylic acids is 1. The predicted molar refractivity (Wildman–Crippen MR) is 94.2 cm³/mol. The van der Waals surface area contributed by atoms with Gasteiger partial charge in [-0.1, -0.05) is 26.7 Å². The van der Waals surface area contributed by atoms with E-state index in [4.69, 9.17) is 0 Å². The molecule has 4 heteroatoms. The molecule has 2 rings (SSSR count). The van der Waals surface area contributed by atoms with Gasteiger partial charge in [0, 0.05) is 12.5 Å². The van der Waals surface area contributed by atoms with Gasteiger partial charge in [0.2, 0.25) is 5.91 Å². The van der Waals surface area contributed by atoms with E-state index in [9.17, 15) is 4.79 Å². The molecular formula is C18H30N2OS. The summed E-state index contributed by atoms with van der Waals surface area (Å²) in [6, 6.07) is 2.55. The zero-order valence-electron chi connectivity index (χ0n) is 14.0. The van der Waals surface area contributed by atoms with Crippen molar-refractivity contribution in [2.75, 3.05) is 19.6 Å². The van der Waals surface area contributed by atoms with Crippen molar-refractivity contribution in [3.8, 4) is 0 Å². The second kappa shape index (κ2) is 9.31. The summed E-state index contributed by atoms with van der Waals surface area (Å²) in [4.78, 5) is 14.9. The van der Waals surface area contributed by atoms with Crippen molar-refractivity contribution in [1.29, 1.82) is 0 Å². The molecule has 1 aliphatic rings. The summed E-state index contributed by atoms with van der Waals surface area (Å²) in [6.45, 7) is 7.24. The molecule has 1 aromatic rings. The zero-order valence-corrected chi connectivity index (χ0v) is 14.8. The maximum atomic E-state index is 12.3. The Labute approximate surface area is 139 Å². The first-order valence-electron chi connectivity index (χ1n) is 8.80. The van der Waals surface area contributed by atoms with Gasteiger partial charge in [-0.05, 0) is 61.2 Å². The number of rotatable bonds is 7. The summed E-state index contributed by atoms with van der Waals surface area (Å²) in [7, 11) is 0. The van der Waals surface area contributed by atoms with E-state index in [-0.39, 0.29) is 11.8 Å². The largest absolute Gasteiger partial charge is 0.354 e. The minimum atomic E-state index is 0.159. The Bertz CT molecular complexity index is 420. The van der Waals surface area contributed by atoms with Gasteiger partial charge < -0.3 is 5.32 Å². The topological polar surface area (TPSA) is 32.3 Å². The molecule has 1 saturated heterocycles. The number of amides is 1. The predicted octanol–water partition coefficient (Wildman–Crippen LogP) is 4.22. The molecule has 124 valence electrons. The molecule has 1 aromatic heterocycles. The number of likely N-dealkylation sites (tertiary alicyclic amines) is 1. The molecule has 0 radical (unpaired) electrons. The molecule has 0 bridgehead atoms. The lowest BCUT2D eigenvalue weighted by Gasteiger charge is -2.31. The van der Waals surface area contributed by atoms with E-state index in [1.54, 1.807) is 11.3 Å². The van der Waals surface area contributed by atoms with Crippen molar-refractivity contribution in [1.82, 2.24) is 10.2 Å². The van der Waals surface area contributed by atoms with Crippen molar-refractivity contribution in [3.63, 3.8) is 0 Å². The molecule has 1 atom stereocenters. The van der Waals surface area contributed by atoms with E-state index in [1.807, 2.05) is 0 Å². The zero-order chi connectivity index (χ0) is 15.8. The number of nitrogens with zero attached hydrogens (tertiary/aromatic N) is 1. The Morgan fingerprint density at radius 3 is 2.45 bits per heavy atom. The molecule has 0 saturated carbocycles. The summed E-state index contributed by atoms with van der Waals surface area (Å²) in [5, 5.41) is 7.59. The van der Waals surface area contributed by atoms with Crippen LogP contribution in [0.2, 0.25) is 0 Å². The number of nitrogens with one attached hydrogen (secondary N) is 1. The lowest BCUT2D eigenvalue weighted by Crippen LogP contribution is -2.40. The smallest absolute Gasteiger partial charge is 0.223 e. The molecular weight excluding hydrogens is 292 g/mol. The monoisotopic (exact) mass is 322 g/mol. The Hall–Kier alpha value is -0.870. The van der Waals surface area contributed by atoms with E-state index in [0.29, 0.717) is 6.04 Å². The summed E-state index contributed by atoms with van der Waals surface area (Å²) < 4.78 is 0. The molecule has 22 heavy (non-hydrogen) atoms. The lowest BCUT2D eigenvalue weighted by molar-refractivity contribution is -0.125. The maximum absolute atomic E-state index is 12.3. The number of thiophene rings is 1. The van der Waals surface area contributed by atoms with Crippen molar-refractivity contribution >= 4 is 17.2 Å². The van der Waals surface area contributed by atoms with Gasteiger partial charge in [-0.25, -0.2) is 0 Å². The van der Waals surface area contributed by atoms with E-state index in [2.05, 4.69) is 40.9 Å². The lowest BCUT2D eigenvalue weighted by atomic mass is 10.0. The second-order valence-electron chi connectivity index (χ2n) is 6.28. The van der Waals surface area contributed by atoms with E-state index in [1.165, 1.54) is 31.2 Å². The van der Waals surface area contributed by atoms with Crippen LogP contribution in [0.15, 0.2) is 16.8 Å². The third-order valence-electron chi connectivity index (χ3n) is 4.84. The van der Waals surface area contributed by atoms with Crippen LogP contribution in [0.3, 0.4) is 0 Å². The van der Waals surface area contributed by atoms with Crippen LogP contribution in [0.5, 0.6) is 0 Å². The number of hydrogen-bond acceptors (Lipinski definition) is 3. The third kappa shape index (κ3) is 4.82. The van der Waals surface area contributed by atoms with Crippen LogP contribution in [-0.4, -0.2) is 30.4 Å². The first-order valence-corrected chi connectivity index (χ1v) is 9.74. The van der Waals surface area contributed by atoms with Crippen LogP contribution in [0.4, 0.5) is 0 Å².